The number of hydrogen-bond acceptors (Lipinski definition) is 1. The van der Waals surface area contributed by atoms with Crippen LogP contribution in [0.3, 0.4) is 0 Å². The summed E-state index contributed by atoms with van der Waals surface area (Å²) in [6.07, 6.45) is 2.67. The zero-order valence-corrected chi connectivity index (χ0v) is 8.12. The van der Waals surface area contributed by atoms with Crippen LogP contribution in [0.4, 0.5) is 0 Å². The summed E-state index contributed by atoms with van der Waals surface area (Å²) >= 11 is 0. The molecule has 64 valence electrons. The quantitative estimate of drug-likeness (QED) is 0.558. The molecular formula is C8H16NOS+. The molecule has 0 aromatic rings. The molecule has 1 heterocycles. The number of carbonyl (C=O) groups excluding carboxylic acids is 1. The van der Waals surface area contributed by atoms with E-state index in [1.54, 1.807) is 4.90 Å². The largest absolute Gasteiger partial charge is 0.345 e. The van der Waals surface area contributed by atoms with Crippen molar-refractivity contribution in [3.63, 3.8) is 0 Å². The average Bonchev–Trinajstić information content (AvgIpc) is 2.39. The first-order chi connectivity index (χ1) is 5.20. The second kappa shape index (κ2) is 4.00. The molecule has 0 N–H and O–H groups in total. The van der Waals surface area contributed by atoms with Crippen molar-refractivity contribution in [3.05, 3.63) is 0 Å². The van der Waals surface area contributed by atoms with E-state index in [1.807, 2.05) is 14.1 Å². The van der Waals surface area contributed by atoms with Crippen molar-refractivity contribution in [2.75, 3.05) is 31.4 Å². The molecular weight excluding hydrogens is 158 g/mol. The van der Waals surface area contributed by atoms with Crippen molar-refractivity contribution in [1.29, 1.82) is 0 Å². The third-order valence-corrected chi connectivity index (χ3v) is 4.33. The van der Waals surface area contributed by atoms with Gasteiger partial charge < -0.3 is 4.90 Å². The molecule has 0 spiro atoms. The molecule has 1 saturated heterocycles. The molecule has 1 fully saturated rings. The van der Waals surface area contributed by atoms with Crippen LogP contribution in [0.1, 0.15) is 12.8 Å². The van der Waals surface area contributed by atoms with Crippen molar-refractivity contribution in [2.45, 2.75) is 12.8 Å². The Hall–Kier alpha value is -0.180. The summed E-state index contributed by atoms with van der Waals surface area (Å²) in [5, 5.41) is 0. The maximum atomic E-state index is 11.2. The Balaban J connectivity index is 2.24. The van der Waals surface area contributed by atoms with Crippen molar-refractivity contribution in [3.8, 4) is 0 Å². The lowest BCUT2D eigenvalue weighted by Gasteiger charge is -2.08. The molecule has 0 atom stereocenters. The van der Waals surface area contributed by atoms with Crippen LogP contribution >= 0.6 is 0 Å². The first kappa shape index (κ1) is 8.91. The molecule has 1 aliphatic rings. The number of amides is 1. The van der Waals surface area contributed by atoms with Crippen LogP contribution in [-0.4, -0.2) is 42.2 Å². The molecule has 0 unspecified atom stereocenters. The van der Waals surface area contributed by atoms with Crippen molar-refractivity contribution < 1.29 is 4.79 Å². The van der Waals surface area contributed by atoms with E-state index in [9.17, 15) is 4.79 Å². The van der Waals surface area contributed by atoms with E-state index in [2.05, 4.69) is 0 Å². The smallest absolute Gasteiger partial charge is 0.271 e. The molecule has 2 nitrogen and oxygen atoms in total. The van der Waals surface area contributed by atoms with Crippen LogP contribution < -0.4 is 0 Å². The Labute approximate surface area is 71.3 Å². The van der Waals surface area contributed by atoms with Gasteiger partial charge in [-0.05, 0) is 23.7 Å². The Morgan fingerprint density at radius 1 is 1.36 bits per heavy atom. The van der Waals surface area contributed by atoms with Gasteiger partial charge in [-0.25, -0.2) is 0 Å². The third kappa shape index (κ3) is 2.73. The van der Waals surface area contributed by atoms with Gasteiger partial charge in [-0.3, -0.25) is 4.79 Å². The molecule has 1 aliphatic heterocycles. The van der Waals surface area contributed by atoms with Crippen LogP contribution in [0, 0.1) is 0 Å². The normalized spacial score (nSPS) is 18.7. The van der Waals surface area contributed by atoms with E-state index in [1.165, 1.54) is 24.3 Å². The molecule has 0 bridgehead atoms. The molecule has 1 amide bonds. The summed E-state index contributed by atoms with van der Waals surface area (Å²) in [6.45, 7) is 0. The van der Waals surface area contributed by atoms with E-state index in [4.69, 9.17) is 0 Å². The van der Waals surface area contributed by atoms with Gasteiger partial charge in [0, 0.05) is 14.1 Å². The topological polar surface area (TPSA) is 20.3 Å². The van der Waals surface area contributed by atoms with E-state index < -0.39 is 0 Å². The highest BCUT2D eigenvalue weighted by atomic mass is 32.2. The van der Waals surface area contributed by atoms with E-state index in [-0.39, 0.29) is 0 Å². The van der Waals surface area contributed by atoms with Gasteiger partial charge in [0.2, 0.25) is 0 Å². The standard InChI is InChI=1S/C8H16NOS/c1-9(2)8(10)7-11-5-3-4-6-11/h3-7H2,1-2H3/q+1. The van der Waals surface area contributed by atoms with Gasteiger partial charge in [0.1, 0.15) is 11.5 Å². The maximum absolute atomic E-state index is 11.2. The number of hydrogen-bond donors (Lipinski definition) is 0. The number of nitrogens with zero attached hydrogens (tertiary/aromatic N) is 1. The minimum Gasteiger partial charge on any atom is -0.345 e. The lowest BCUT2D eigenvalue weighted by molar-refractivity contribution is -0.125. The highest BCUT2D eigenvalue weighted by Crippen LogP contribution is 2.13. The molecule has 0 radical (unpaired) electrons. The van der Waals surface area contributed by atoms with Gasteiger partial charge in [-0.1, -0.05) is 0 Å². The summed E-state index contributed by atoms with van der Waals surface area (Å²) in [5.41, 5.74) is 0. The van der Waals surface area contributed by atoms with E-state index >= 15 is 0 Å². The Morgan fingerprint density at radius 2 is 1.91 bits per heavy atom. The first-order valence-corrected chi connectivity index (χ1v) is 5.77. The SMILES string of the molecule is CN(C)C(=O)C[S+]1CCCC1. The average molecular weight is 174 g/mol. The fourth-order valence-corrected chi connectivity index (χ4v) is 3.49. The highest BCUT2D eigenvalue weighted by Gasteiger charge is 2.27. The Bertz CT molecular complexity index is 141. The second-order valence-electron chi connectivity index (χ2n) is 3.16. The summed E-state index contributed by atoms with van der Waals surface area (Å²) in [4.78, 5) is 12.9. The lowest BCUT2D eigenvalue weighted by Crippen LogP contribution is -2.29. The van der Waals surface area contributed by atoms with Gasteiger partial charge in [0.05, 0.1) is 0 Å². The zero-order valence-electron chi connectivity index (χ0n) is 7.30. The summed E-state index contributed by atoms with van der Waals surface area (Å²) in [7, 11) is 4.10. The molecule has 0 aromatic carbocycles. The maximum Gasteiger partial charge on any atom is 0.271 e. The van der Waals surface area contributed by atoms with Crippen LogP contribution in [0.5, 0.6) is 0 Å². The highest BCUT2D eigenvalue weighted by molar-refractivity contribution is 7.97. The number of rotatable bonds is 2. The second-order valence-corrected chi connectivity index (χ2v) is 5.49. The van der Waals surface area contributed by atoms with E-state index in [0.29, 0.717) is 16.8 Å². The van der Waals surface area contributed by atoms with Crippen molar-refractivity contribution >= 4 is 16.8 Å². The first-order valence-electron chi connectivity index (χ1n) is 4.04. The van der Waals surface area contributed by atoms with Gasteiger partial charge in [-0.2, -0.15) is 0 Å². The zero-order chi connectivity index (χ0) is 8.27. The molecule has 3 heteroatoms. The third-order valence-electron chi connectivity index (χ3n) is 1.94. The minimum absolute atomic E-state index is 0.301. The van der Waals surface area contributed by atoms with Crippen LogP contribution in [0.15, 0.2) is 0 Å². The molecule has 0 aromatic heterocycles. The lowest BCUT2D eigenvalue weighted by atomic mass is 10.4. The van der Waals surface area contributed by atoms with Crippen molar-refractivity contribution in [2.24, 2.45) is 0 Å². The monoisotopic (exact) mass is 174 g/mol. The predicted molar refractivity (Wildman–Crippen MR) is 49.9 cm³/mol. The van der Waals surface area contributed by atoms with Gasteiger partial charge in [0.25, 0.3) is 5.91 Å². The van der Waals surface area contributed by atoms with Crippen LogP contribution in [0.25, 0.3) is 0 Å². The van der Waals surface area contributed by atoms with E-state index in [0.717, 1.165) is 5.75 Å². The Kier molecular flexibility index (Phi) is 3.24. The summed E-state index contributed by atoms with van der Waals surface area (Å²) in [6, 6.07) is 0. The molecule has 11 heavy (non-hydrogen) atoms. The molecule has 1 rings (SSSR count). The van der Waals surface area contributed by atoms with Gasteiger partial charge in [-0.15, -0.1) is 0 Å². The Morgan fingerprint density at radius 3 is 2.36 bits per heavy atom. The molecule has 0 saturated carbocycles. The van der Waals surface area contributed by atoms with Crippen LogP contribution in [0.2, 0.25) is 0 Å². The number of carbonyl (C=O) groups is 1. The summed E-state index contributed by atoms with van der Waals surface area (Å²) < 4.78 is 0. The molecule has 0 aliphatic carbocycles. The fourth-order valence-electron chi connectivity index (χ4n) is 1.16. The summed E-state index contributed by atoms with van der Waals surface area (Å²) in [5.74, 6) is 3.68. The minimum atomic E-state index is 0.301. The van der Waals surface area contributed by atoms with Crippen LogP contribution in [-0.2, 0) is 15.7 Å². The van der Waals surface area contributed by atoms with Crippen molar-refractivity contribution in [1.82, 2.24) is 4.90 Å². The predicted octanol–water partition coefficient (Wildman–Crippen LogP) is 0.487. The van der Waals surface area contributed by atoms with Gasteiger partial charge in [0.15, 0.2) is 5.75 Å². The van der Waals surface area contributed by atoms with Gasteiger partial charge >= 0.3 is 0 Å². The fraction of sp³-hybridized carbons (Fsp3) is 0.875.